The van der Waals surface area contributed by atoms with Crippen molar-refractivity contribution in [2.45, 2.75) is 19.3 Å². The van der Waals surface area contributed by atoms with Crippen LogP contribution in [0.4, 0.5) is 5.69 Å². The van der Waals surface area contributed by atoms with Crippen LogP contribution in [-0.2, 0) is 12.8 Å². The van der Waals surface area contributed by atoms with Gasteiger partial charge >= 0.3 is 0 Å². The molecule has 0 radical (unpaired) electrons. The van der Waals surface area contributed by atoms with Crippen LogP contribution in [0.25, 0.3) is 23.3 Å². The van der Waals surface area contributed by atoms with Gasteiger partial charge < -0.3 is 0 Å². The van der Waals surface area contributed by atoms with E-state index in [9.17, 15) is 14.9 Å². The van der Waals surface area contributed by atoms with E-state index in [-0.39, 0.29) is 22.4 Å². The third-order valence-electron chi connectivity index (χ3n) is 6.07. The molecular weight excluding hydrogens is 398 g/mol. The summed E-state index contributed by atoms with van der Waals surface area (Å²) in [6, 6.07) is 17.0. The van der Waals surface area contributed by atoms with E-state index in [2.05, 4.69) is 42.5 Å². The number of hydrogen-bond acceptors (Lipinski definition) is 3. The standard InChI is InChI=1S/C25H18ClNO3/c26-23-12-9-18(14-24(23)27(29)30)25(28)17-6-5-16-8-10-20-19-4-2-1-3-15(19)7-11-21(20)22(16)13-17/h1-4,8-14,17H,5-7H2. The molecule has 2 aliphatic rings. The van der Waals surface area contributed by atoms with Crippen LogP contribution in [0.5, 0.6) is 0 Å². The first-order chi connectivity index (χ1) is 14.5. The molecular formula is C25H18ClNO3. The summed E-state index contributed by atoms with van der Waals surface area (Å²) in [4.78, 5) is 23.8. The molecule has 0 fully saturated rings. The molecule has 4 nitrogen and oxygen atoms in total. The molecule has 0 spiro atoms. The molecule has 3 aromatic carbocycles. The number of carbonyl (C=O) groups excluding carboxylic acids is 1. The molecule has 0 aliphatic heterocycles. The highest BCUT2D eigenvalue weighted by Crippen LogP contribution is 2.29. The Labute approximate surface area is 178 Å². The number of aryl methyl sites for hydroxylation is 1. The zero-order valence-electron chi connectivity index (χ0n) is 16.1. The van der Waals surface area contributed by atoms with Crippen LogP contribution in [-0.4, -0.2) is 10.7 Å². The molecule has 0 aromatic heterocycles. The molecule has 1 unspecified atom stereocenters. The lowest BCUT2D eigenvalue weighted by Gasteiger charge is -2.21. The second-order valence-corrected chi connectivity index (χ2v) is 8.17. The van der Waals surface area contributed by atoms with Crippen molar-refractivity contribution in [1.82, 2.24) is 0 Å². The summed E-state index contributed by atoms with van der Waals surface area (Å²) in [6.07, 6.45) is 6.66. The molecule has 0 amide bonds. The molecule has 1 atom stereocenters. The van der Waals surface area contributed by atoms with Gasteiger partial charge in [-0.2, -0.15) is 0 Å². The van der Waals surface area contributed by atoms with Crippen molar-refractivity contribution in [3.63, 3.8) is 0 Å². The number of nitrogens with zero attached hydrogens (tertiary/aromatic N) is 1. The summed E-state index contributed by atoms with van der Waals surface area (Å²) in [5.41, 5.74) is 5.09. The van der Waals surface area contributed by atoms with E-state index in [1.807, 2.05) is 6.08 Å². The van der Waals surface area contributed by atoms with Crippen LogP contribution in [0.3, 0.4) is 0 Å². The quantitative estimate of drug-likeness (QED) is 0.360. The number of carbonyl (C=O) groups is 1. The van der Waals surface area contributed by atoms with Gasteiger partial charge in [-0.05, 0) is 64.1 Å². The predicted molar refractivity (Wildman–Crippen MR) is 118 cm³/mol. The second kappa shape index (κ2) is 7.22. The summed E-state index contributed by atoms with van der Waals surface area (Å²) in [7, 11) is 0. The summed E-state index contributed by atoms with van der Waals surface area (Å²) in [5, 5.41) is 13.5. The Morgan fingerprint density at radius 1 is 1.00 bits per heavy atom. The maximum Gasteiger partial charge on any atom is 0.288 e. The second-order valence-electron chi connectivity index (χ2n) is 7.76. The Bertz CT molecular complexity index is 1340. The van der Waals surface area contributed by atoms with Gasteiger partial charge in [0, 0.05) is 17.5 Å². The number of halogens is 1. The zero-order chi connectivity index (χ0) is 20.8. The minimum absolute atomic E-state index is 0.0388. The molecule has 5 rings (SSSR count). The molecule has 2 aliphatic carbocycles. The van der Waals surface area contributed by atoms with Crippen LogP contribution in [0.2, 0.25) is 5.02 Å². The van der Waals surface area contributed by atoms with Gasteiger partial charge in [0.1, 0.15) is 5.02 Å². The fourth-order valence-corrected chi connectivity index (χ4v) is 4.73. The van der Waals surface area contributed by atoms with Crippen LogP contribution in [0.15, 0.2) is 54.6 Å². The van der Waals surface area contributed by atoms with E-state index in [1.165, 1.54) is 39.6 Å². The van der Waals surface area contributed by atoms with Crippen LogP contribution in [0.1, 0.15) is 27.9 Å². The molecule has 3 aromatic rings. The number of benzene rings is 3. The number of nitro groups is 1. The maximum absolute atomic E-state index is 13.2. The van der Waals surface area contributed by atoms with E-state index < -0.39 is 4.92 Å². The van der Waals surface area contributed by atoms with Crippen LogP contribution in [0, 0.1) is 16.0 Å². The average molecular weight is 416 g/mol. The summed E-state index contributed by atoms with van der Waals surface area (Å²) >= 11 is 5.90. The van der Waals surface area contributed by atoms with Crippen LogP contribution < -0.4 is 10.4 Å². The van der Waals surface area contributed by atoms with E-state index in [4.69, 9.17) is 11.6 Å². The highest BCUT2D eigenvalue weighted by Gasteiger charge is 2.25. The highest BCUT2D eigenvalue weighted by atomic mass is 35.5. The summed E-state index contributed by atoms with van der Waals surface area (Å²) < 4.78 is 0. The van der Waals surface area contributed by atoms with Gasteiger partial charge in [-0.15, -0.1) is 0 Å². The Kier molecular flexibility index (Phi) is 4.52. The number of nitro benzene ring substituents is 1. The van der Waals surface area contributed by atoms with E-state index in [0.717, 1.165) is 18.1 Å². The molecule has 5 heteroatoms. The minimum atomic E-state index is -0.554. The van der Waals surface area contributed by atoms with E-state index in [1.54, 1.807) is 6.07 Å². The number of Topliss-reactive ketones (excluding diaryl/α,β-unsaturated/α-hetero) is 1. The van der Waals surface area contributed by atoms with Gasteiger partial charge in [-0.1, -0.05) is 60.2 Å². The molecule has 0 heterocycles. The fourth-order valence-electron chi connectivity index (χ4n) is 4.55. The normalized spacial score (nSPS) is 16.4. The summed E-state index contributed by atoms with van der Waals surface area (Å²) in [5.74, 6) is -0.412. The van der Waals surface area contributed by atoms with Crippen molar-refractivity contribution < 1.29 is 9.72 Å². The smallest absolute Gasteiger partial charge is 0.288 e. The molecule has 0 saturated heterocycles. The van der Waals surface area contributed by atoms with Gasteiger partial charge in [0.15, 0.2) is 5.78 Å². The van der Waals surface area contributed by atoms with Crippen molar-refractivity contribution in [2.24, 2.45) is 5.92 Å². The first kappa shape index (κ1) is 18.8. The topological polar surface area (TPSA) is 60.2 Å². The van der Waals surface area contributed by atoms with Crippen molar-refractivity contribution >= 4 is 35.2 Å². The maximum atomic E-state index is 13.2. The van der Waals surface area contributed by atoms with Crippen LogP contribution >= 0.6 is 11.6 Å². The SMILES string of the molecule is O=C(c1ccc(Cl)c([N+](=O)[O-])c1)C1C=c2c(ccc3c2=CCc2ccccc2-3)CC1. The van der Waals surface area contributed by atoms with Gasteiger partial charge in [-0.3, -0.25) is 14.9 Å². The molecule has 148 valence electrons. The average Bonchev–Trinajstić information content (AvgIpc) is 2.78. The largest absolute Gasteiger partial charge is 0.294 e. The lowest BCUT2D eigenvalue weighted by molar-refractivity contribution is -0.384. The van der Waals surface area contributed by atoms with Gasteiger partial charge in [0.05, 0.1) is 4.92 Å². The molecule has 30 heavy (non-hydrogen) atoms. The number of rotatable bonds is 3. The van der Waals surface area contributed by atoms with Crippen molar-refractivity contribution in [1.29, 1.82) is 0 Å². The Balaban J connectivity index is 1.60. The van der Waals surface area contributed by atoms with Crippen molar-refractivity contribution in [3.8, 4) is 11.1 Å². The third-order valence-corrected chi connectivity index (χ3v) is 6.39. The van der Waals surface area contributed by atoms with E-state index in [0.29, 0.717) is 12.0 Å². The molecule has 0 bridgehead atoms. The Morgan fingerprint density at radius 2 is 1.83 bits per heavy atom. The minimum Gasteiger partial charge on any atom is -0.294 e. The molecule has 0 saturated carbocycles. The van der Waals surface area contributed by atoms with Gasteiger partial charge in [-0.25, -0.2) is 0 Å². The van der Waals surface area contributed by atoms with E-state index >= 15 is 0 Å². The highest BCUT2D eigenvalue weighted by molar-refractivity contribution is 6.32. The Morgan fingerprint density at radius 3 is 2.67 bits per heavy atom. The number of ketones is 1. The zero-order valence-corrected chi connectivity index (χ0v) is 16.9. The van der Waals surface area contributed by atoms with Crippen molar-refractivity contribution in [2.75, 3.05) is 0 Å². The lowest BCUT2D eigenvalue weighted by Crippen LogP contribution is -2.37. The third kappa shape index (κ3) is 3.04. The van der Waals surface area contributed by atoms with Gasteiger partial charge in [0.25, 0.3) is 5.69 Å². The molecule has 0 N–H and O–H groups in total. The summed E-state index contributed by atoms with van der Waals surface area (Å²) in [6.45, 7) is 0. The van der Waals surface area contributed by atoms with Gasteiger partial charge in [0.2, 0.25) is 0 Å². The first-order valence-electron chi connectivity index (χ1n) is 9.93. The predicted octanol–water partition coefficient (Wildman–Crippen LogP) is 4.48. The monoisotopic (exact) mass is 415 g/mol. The first-order valence-corrected chi connectivity index (χ1v) is 10.3. The lowest BCUT2D eigenvalue weighted by atomic mass is 9.82. The number of fused-ring (bicyclic) bond motifs is 5. The number of hydrogen-bond donors (Lipinski definition) is 0. The van der Waals surface area contributed by atoms with Crippen molar-refractivity contribution in [3.05, 3.63) is 96.9 Å². The Hall–Kier alpha value is -3.24. The fraction of sp³-hybridized carbons (Fsp3) is 0.160.